The van der Waals surface area contributed by atoms with Gasteiger partial charge in [0.1, 0.15) is 17.1 Å². The minimum Gasteiger partial charge on any atom is -0.497 e. The maximum Gasteiger partial charge on any atom is 0.295 e. The molecule has 2 heterocycles. The predicted molar refractivity (Wildman–Crippen MR) is 120 cm³/mol. The molecule has 6 heteroatoms. The van der Waals surface area contributed by atoms with Crippen molar-refractivity contribution in [1.29, 1.82) is 0 Å². The van der Waals surface area contributed by atoms with Crippen LogP contribution in [0.15, 0.2) is 69.9 Å². The summed E-state index contributed by atoms with van der Waals surface area (Å²) < 4.78 is 24.9. The highest BCUT2D eigenvalue weighted by Gasteiger charge is 2.43. The highest BCUT2D eigenvalue weighted by molar-refractivity contribution is 6.10. The van der Waals surface area contributed by atoms with E-state index < -0.39 is 17.8 Å². The van der Waals surface area contributed by atoms with E-state index in [1.54, 1.807) is 55.6 Å². The van der Waals surface area contributed by atoms with Crippen LogP contribution in [0, 0.1) is 19.7 Å². The van der Waals surface area contributed by atoms with Crippen molar-refractivity contribution in [3.63, 3.8) is 0 Å². The van der Waals surface area contributed by atoms with Crippen LogP contribution in [0.4, 0.5) is 10.1 Å². The lowest BCUT2D eigenvalue weighted by Crippen LogP contribution is -2.29. The second kappa shape index (κ2) is 7.34. The first-order valence-electron chi connectivity index (χ1n) is 10.2. The third kappa shape index (κ3) is 2.99. The molecule has 0 saturated carbocycles. The number of carbonyl (C=O) groups is 1. The van der Waals surface area contributed by atoms with Gasteiger partial charge in [-0.1, -0.05) is 12.1 Å². The highest BCUT2D eigenvalue weighted by atomic mass is 19.1. The molecular weight excluding hydrogens is 409 g/mol. The first-order chi connectivity index (χ1) is 15.4. The normalized spacial score (nSPS) is 15.3. The molecule has 0 fully saturated rings. The lowest BCUT2D eigenvalue weighted by atomic mass is 9.97. The number of anilines is 1. The van der Waals surface area contributed by atoms with Crippen LogP contribution < -0.4 is 15.1 Å². The summed E-state index contributed by atoms with van der Waals surface area (Å²) in [7, 11) is 1.56. The van der Waals surface area contributed by atoms with E-state index in [0.29, 0.717) is 28.0 Å². The summed E-state index contributed by atoms with van der Waals surface area (Å²) >= 11 is 0. The van der Waals surface area contributed by atoms with E-state index in [0.717, 1.165) is 11.1 Å². The molecule has 1 aliphatic rings. The monoisotopic (exact) mass is 429 g/mol. The number of nitrogens with zero attached hydrogens (tertiary/aromatic N) is 1. The summed E-state index contributed by atoms with van der Waals surface area (Å²) in [6, 6.07) is 15.6. The third-order valence-electron chi connectivity index (χ3n) is 6.02. The van der Waals surface area contributed by atoms with Crippen molar-refractivity contribution in [2.45, 2.75) is 19.9 Å². The zero-order chi connectivity index (χ0) is 22.6. The van der Waals surface area contributed by atoms with Gasteiger partial charge in [0.25, 0.3) is 5.91 Å². The Balaban J connectivity index is 1.79. The molecule has 1 amide bonds. The van der Waals surface area contributed by atoms with Gasteiger partial charge in [-0.3, -0.25) is 14.5 Å². The Morgan fingerprint density at radius 3 is 2.25 bits per heavy atom. The van der Waals surface area contributed by atoms with Gasteiger partial charge in [-0.2, -0.15) is 0 Å². The number of ether oxygens (including phenoxy) is 1. The van der Waals surface area contributed by atoms with Crippen LogP contribution >= 0.6 is 0 Å². The van der Waals surface area contributed by atoms with Crippen molar-refractivity contribution in [1.82, 2.24) is 0 Å². The lowest BCUT2D eigenvalue weighted by molar-refractivity contribution is 0.0971. The number of benzene rings is 3. The maximum atomic E-state index is 13.6. The van der Waals surface area contributed by atoms with E-state index >= 15 is 0 Å². The van der Waals surface area contributed by atoms with Gasteiger partial charge in [0.2, 0.25) is 5.76 Å². The van der Waals surface area contributed by atoms with Crippen molar-refractivity contribution in [2.24, 2.45) is 0 Å². The molecule has 0 spiro atoms. The Bertz CT molecular complexity index is 1420. The van der Waals surface area contributed by atoms with Crippen LogP contribution in [0.1, 0.15) is 38.9 Å². The average Bonchev–Trinajstić information content (AvgIpc) is 3.08. The fourth-order valence-corrected chi connectivity index (χ4v) is 4.20. The fourth-order valence-electron chi connectivity index (χ4n) is 4.20. The second-order valence-corrected chi connectivity index (χ2v) is 7.93. The van der Waals surface area contributed by atoms with Crippen LogP contribution in [-0.2, 0) is 0 Å². The molecule has 0 bridgehead atoms. The fraction of sp³-hybridized carbons (Fsp3) is 0.154. The molecule has 0 saturated heterocycles. The molecule has 0 aliphatic carbocycles. The highest BCUT2D eigenvalue weighted by Crippen LogP contribution is 2.41. The largest absolute Gasteiger partial charge is 0.497 e. The number of fused-ring (bicyclic) bond motifs is 2. The Morgan fingerprint density at radius 2 is 1.59 bits per heavy atom. The zero-order valence-electron chi connectivity index (χ0n) is 17.8. The minimum absolute atomic E-state index is 0.0101. The number of carbonyl (C=O) groups excluding carboxylic acids is 1. The topological polar surface area (TPSA) is 59.8 Å². The van der Waals surface area contributed by atoms with Gasteiger partial charge in [-0.25, -0.2) is 4.39 Å². The lowest BCUT2D eigenvalue weighted by Gasteiger charge is -2.25. The molecular formula is C26H20FNO4. The summed E-state index contributed by atoms with van der Waals surface area (Å²) in [4.78, 5) is 28.7. The van der Waals surface area contributed by atoms with Crippen LogP contribution in [0.25, 0.3) is 11.0 Å². The Morgan fingerprint density at radius 1 is 0.938 bits per heavy atom. The van der Waals surface area contributed by atoms with Crippen LogP contribution in [-0.4, -0.2) is 13.0 Å². The molecule has 1 aliphatic heterocycles. The molecule has 5 nitrogen and oxygen atoms in total. The Kier molecular flexibility index (Phi) is 4.59. The average molecular weight is 429 g/mol. The van der Waals surface area contributed by atoms with Gasteiger partial charge in [-0.15, -0.1) is 0 Å². The van der Waals surface area contributed by atoms with Gasteiger partial charge in [0.05, 0.1) is 24.1 Å². The van der Waals surface area contributed by atoms with E-state index in [-0.39, 0.29) is 16.8 Å². The first kappa shape index (κ1) is 20.0. The molecule has 5 rings (SSSR count). The van der Waals surface area contributed by atoms with Crippen molar-refractivity contribution in [3.05, 3.63) is 105 Å². The molecule has 1 aromatic heterocycles. The molecule has 32 heavy (non-hydrogen) atoms. The van der Waals surface area contributed by atoms with Crippen LogP contribution in [0.3, 0.4) is 0 Å². The van der Waals surface area contributed by atoms with Gasteiger partial charge in [0, 0.05) is 5.69 Å². The van der Waals surface area contributed by atoms with Crippen molar-refractivity contribution >= 4 is 22.6 Å². The van der Waals surface area contributed by atoms with E-state index in [9.17, 15) is 14.0 Å². The van der Waals surface area contributed by atoms with E-state index in [1.807, 2.05) is 13.8 Å². The Labute approximate surface area is 183 Å². The Hall–Kier alpha value is -3.93. The summed E-state index contributed by atoms with van der Waals surface area (Å²) in [6.07, 6.45) is 0. The summed E-state index contributed by atoms with van der Waals surface area (Å²) in [5, 5.41) is 0.420. The van der Waals surface area contributed by atoms with Crippen molar-refractivity contribution < 1.29 is 18.3 Å². The third-order valence-corrected chi connectivity index (χ3v) is 6.02. The number of rotatable bonds is 3. The zero-order valence-corrected chi connectivity index (χ0v) is 17.8. The molecule has 0 radical (unpaired) electrons. The molecule has 1 atom stereocenters. The number of aryl methyl sites for hydroxylation is 2. The standard InChI is InChI=1S/C26H20FNO4/c1-14-12-20-21(13-15(14)2)32-25-22(24(20)29)23(16-4-6-17(27)7-5-16)28(26(25)30)18-8-10-19(31-3)11-9-18/h4-13,23H,1-3H3. The van der Waals surface area contributed by atoms with E-state index in [4.69, 9.17) is 9.15 Å². The van der Waals surface area contributed by atoms with E-state index in [2.05, 4.69) is 0 Å². The number of halogens is 1. The van der Waals surface area contributed by atoms with E-state index in [1.165, 1.54) is 17.0 Å². The molecule has 0 N–H and O–H groups in total. The van der Waals surface area contributed by atoms with Gasteiger partial charge >= 0.3 is 0 Å². The van der Waals surface area contributed by atoms with Crippen LogP contribution in [0.2, 0.25) is 0 Å². The predicted octanol–water partition coefficient (Wildman–Crippen LogP) is 5.31. The molecule has 3 aromatic carbocycles. The number of hydrogen-bond acceptors (Lipinski definition) is 4. The van der Waals surface area contributed by atoms with Gasteiger partial charge in [0.15, 0.2) is 5.43 Å². The van der Waals surface area contributed by atoms with Crippen molar-refractivity contribution in [2.75, 3.05) is 12.0 Å². The first-order valence-corrected chi connectivity index (χ1v) is 10.2. The molecule has 160 valence electrons. The smallest absolute Gasteiger partial charge is 0.295 e. The number of hydrogen-bond donors (Lipinski definition) is 0. The van der Waals surface area contributed by atoms with Crippen molar-refractivity contribution in [3.8, 4) is 5.75 Å². The second-order valence-electron chi connectivity index (χ2n) is 7.93. The molecule has 1 unspecified atom stereocenters. The summed E-state index contributed by atoms with van der Waals surface area (Å²) in [5.41, 5.74) is 3.49. The van der Waals surface area contributed by atoms with Gasteiger partial charge in [-0.05, 0) is 79.1 Å². The summed E-state index contributed by atoms with van der Waals surface area (Å²) in [5.74, 6) is -0.166. The van der Waals surface area contributed by atoms with Gasteiger partial charge < -0.3 is 9.15 Å². The molecule has 4 aromatic rings. The quantitative estimate of drug-likeness (QED) is 0.443. The minimum atomic E-state index is -0.742. The SMILES string of the molecule is COc1ccc(N2C(=O)c3oc4cc(C)c(C)cc4c(=O)c3C2c2ccc(F)cc2)cc1. The maximum absolute atomic E-state index is 13.6. The number of amides is 1. The number of methoxy groups -OCH3 is 1. The summed E-state index contributed by atoms with van der Waals surface area (Å²) in [6.45, 7) is 3.85. The van der Waals surface area contributed by atoms with Crippen LogP contribution in [0.5, 0.6) is 5.75 Å².